The van der Waals surface area contributed by atoms with Gasteiger partial charge in [-0.2, -0.15) is 5.10 Å². The molecule has 0 spiro atoms. The zero-order valence-electron chi connectivity index (χ0n) is 11.5. The van der Waals surface area contributed by atoms with Crippen LogP contribution in [0.25, 0.3) is 11.3 Å². The van der Waals surface area contributed by atoms with Gasteiger partial charge >= 0.3 is 0 Å². The second kappa shape index (κ2) is 4.52. The molecule has 0 saturated carbocycles. The molecule has 2 N–H and O–H groups in total. The van der Waals surface area contributed by atoms with Crippen molar-refractivity contribution in [3.8, 4) is 11.3 Å². The minimum absolute atomic E-state index is 0.0297. The van der Waals surface area contributed by atoms with E-state index in [0.29, 0.717) is 23.4 Å². The van der Waals surface area contributed by atoms with Gasteiger partial charge in [-0.15, -0.1) is 0 Å². The Morgan fingerprint density at radius 2 is 2.19 bits per heavy atom. The van der Waals surface area contributed by atoms with Gasteiger partial charge in [0.25, 0.3) is 0 Å². The highest BCUT2D eigenvalue weighted by atomic mass is 32.2. The maximum Gasteiger partial charge on any atom is 0.152 e. The summed E-state index contributed by atoms with van der Waals surface area (Å²) in [6, 6.07) is 1.30. The quantitative estimate of drug-likeness (QED) is 0.900. The highest BCUT2D eigenvalue weighted by Gasteiger charge is 2.41. The lowest BCUT2D eigenvalue weighted by Gasteiger charge is -2.22. The fourth-order valence-corrected chi connectivity index (χ4v) is 4.72. The molecule has 1 atom stereocenters. The van der Waals surface area contributed by atoms with E-state index in [0.717, 1.165) is 6.20 Å². The number of sulfone groups is 1. The molecule has 0 amide bonds. The van der Waals surface area contributed by atoms with Crippen molar-refractivity contribution in [2.24, 2.45) is 0 Å². The first-order chi connectivity index (χ1) is 9.79. The molecule has 1 saturated heterocycles. The molecule has 8 heteroatoms. The molecule has 0 aliphatic carbocycles. The van der Waals surface area contributed by atoms with E-state index in [2.05, 4.69) is 10.1 Å². The Morgan fingerprint density at radius 1 is 1.43 bits per heavy atom. The van der Waals surface area contributed by atoms with Gasteiger partial charge in [0.05, 0.1) is 28.9 Å². The first kappa shape index (κ1) is 14.0. The lowest BCUT2D eigenvalue weighted by atomic mass is 10.0. The second-order valence-electron chi connectivity index (χ2n) is 5.61. The first-order valence-corrected chi connectivity index (χ1v) is 8.28. The molecular formula is C13H15FN4O2S. The predicted molar refractivity (Wildman–Crippen MR) is 76.7 cm³/mol. The number of nitrogens with zero attached hydrogens (tertiary/aromatic N) is 3. The third kappa shape index (κ3) is 2.51. The van der Waals surface area contributed by atoms with Gasteiger partial charge in [0, 0.05) is 18.0 Å². The number of hydrogen-bond acceptors (Lipinski definition) is 5. The van der Waals surface area contributed by atoms with Crippen molar-refractivity contribution in [1.82, 2.24) is 14.8 Å². The Bertz CT molecular complexity index is 802. The largest absolute Gasteiger partial charge is 0.396 e. The Balaban J connectivity index is 2.03. The van der Waals surface area contributed by atoms with E-state index in [1.54, 1.807) is 10.9 Å². The normalized spacial score (nSPS) is 24.3. The fourth-order valence-electron chi connectivity index (χ4n) is 2.60. The summed E-state index contributed by atoms with van der Waals surface area (Å²) < 4.78 is 38.2. The monoisotopic (exact) mass is 310 g/mol. The molecule has 0 bridgehead atoms. The molecule has 2 aromatic heterocycles. The summed E-state index contributed by atoms with van der Waals surface area (Å²) in [7, 11) is -3.05. The average Bonchev–Trinajstić information content (AvgIpc) is 2.91. The van der Waals surface area contributed by atoms with E-state index in [1.165, 1.54) is 12.3 Å². The topological polar surface area (TPSA) is 90.9 Å². The zero-order chi connectivity index (χ0) is 15.3. The lowest BCUT2D eigenvalue weighted by Crippen LogP contribution is -2.31. The van der Waals surface area contributed by atoms with E-state index < -0.39 is 21.2 Å². The Kier molecular flexibility index (Phi) is 3.01. The average molecular weight is 310 g/mol. The minimum atomic E-state index is -3.05. The van der Waals surface area contributed by atoms with Crippen LogP contribution in [0.2, 0.25) is 0 Å². The smallest absolute Gasteiger partial charge is 0.152 e. The Morgan fingerprint density at radius 3 is 2.81 bits per heavy atom. The molecule has 3 heterocycles. The number of halogens is 1. The van der Waals surface area contributed by atoms with Crippen LogP contribution in [0.4, 0.5) is 10.1 Å². The van der Waals surface area contributed by atoms with Crippen molar-refractivity contribution in [2.75, 3.05) is 17.2 Å². The SMILES string of the molecule is CC1(n2cc(N)c(-c3cncc(F)c3)n2)CCS(=O)(=O)C1. The standard InChI is InChI=1S/C13H15FN4O2S/c1-13(2-3-21(19,20)8-13)18-7-11(15)12(17-18)9-4-10(14)6-16-5-9/h4-7H,2-3,8,15H2,1H3. The van der Waals surface area contributed by atoms with Crippen LogP contribution in [0.1, 0.15) is 13.3 Å². The van der Waals surface area contributed by atoms with Gasteiger partial charge in [-0.1, -0.05) is 0 Å². The van der Waals surface area contributed by atoms with Crippen molar-refractivity contribution in [1.29, 1.82) is 0 Å². The van der Waals surface area contributed by atoms with Crippen LogP contribution in [0.3, 0.4) is 0 Å². The molecule has 112 valence electrons. The summed E-state index contributed by atoms with van der Waals surface area (Å²) in [6.45, 7) is 1.83. The highest BCUT2D eigenvalue weighted by molar-refractivity contribution is 7.91. The van der Waals surface area contributed by atoms with Crippen molar-refractivity contribution >= 4 is 15.5 Å². The van der Waals surface area contributed by atoms with Crippen LogP contribution in [-0.2, 0) is 15.4 Å². The predicted octanol–water partition coefficient (Wildman–Crippen LogP) is 1.20. The van der Waals surface area contributed by atoms with E-state index in [4.69, 9.17) is 5.73 Å². The molecule has 1 aliphatic rings. The number of hydrogen-bond donors (Lipinski definition) is 1. The summed E-state index contributed by atoms with van der Waals surface area (Å²) >= 11 is 0. The summed E-state index contributed by atoms with van der Waals surface area (Å²) in [6.07, 6.45) is 4.65. The molecule has 1 fully saturated rings. The van der Waals surface area contributed by atoms with Crippen LogP contribution >= 0.6 is 0 Å². The third-order valence-corrected chi connectivity index (χ3v) is 5.64. The molecule has 0 radical (unpaired) electrons. The van der Waals surface area contributed by atoms with Crippen molar-refractivity contribution in [3.63, 3.8) is 0 Å². The van der Waals surface area contributed by atoms with Crippen LogP contribution in [0.15, 0.2) is 24.7 Å². The van der Waals surface area contributed by atoms with Crippen LogP contribution < -0.4 is 5.73 Å². The molecule has 3 rings (SSSR count). The molecule has 1 unspecified atom stereocenters. The van der Waals surface area contributed by atoms with Crippen LogP contribution in [0.5, 0.6) is 0 Å². The summed E-state index contributed by atoms with van der Waals surface area (Å²) in [5.74, 6) is -0.307. The van der Waals surface area contributed by atoms with Gasteiger partial charge in [0.2, 0.25) is 0 Å². The summed E-state index contributed by atoms with van der Waals surface area (Å²) in [4.78, 5) is 3.77. The number of nitrogen functional groups attached to an aromatic ring is 1. The Hall–Kier alpha value is -1.96. The number of nitrogens with two attached hydrogens (primary N) is 1. The maximum atomic E-state index is 13.3. The fraction of sp³-hybridized carbons (Fsp3) is 0.385. The van der Waals surface area contributed by atoms with Crippen molar-refractivity contribution in [2.45, 2.75) is 18.9 Å². The van der Waals surface area contributed by atoms with Gasteiger partial charge < -0.3 is 5.73 Å². The Labute approximate surface area is 121 Å². The van der Waals surface area contributed by atoms with E-state index in [9.17, 15) is 12.8 Å². The van der Waals surface area contributed by atoms with Crippen molar-refractivity contribution < 1.29 is 12.8 Å². The maximum absolute atomic E-state index is 13.3. The molecule has 2 aromatic rings. The van der Waals surface area contributed by atoms with Gasteiger partial charge in [0.15, 0.2) is 9.84 Å². The van der Waals surface area contributed by atoms with Gasteiger partial charge in [-0.3, -0.25) is 9.67 Å². The number of anilines is 1. The molecule has 21 heavy (non-hydrogen) atoms. The molecule has 6 nitrogen and oxygen atoms in total. The zero-order valence-corrected chi connectivity index (χ0v) is 12.3. The first-order valence-electron chi connectivity index (χ1n) is 6.46. The lowest BCUT2D eigenvalue weighted by molar-refractivity contribution is 0.329. The number of aromatic nitrogens is 3. The van der Waals surface area contributed by atoms with Gasteiger partial charge in [0.1, 0.15) is 11.5 Å². The molecule has 0 aromatic carbocycles. The van der Waals surface area contributed by atoms with E-state index in [-0.39, 0.29) is 11.5 Å². The highest BCUT2D eigenvalue weighted by Crippen LogP contribution is 2.33. The third-order valence-electron chi connectivity index (χ3n) is 3.76. The molecular weight excluding hydrogens is 295 g/mol. The van der Waals surface area contributed by atoms with Crippen LogP contribution in [0, 0.1) is 5.82 Å². The number of pyridine rings is 1. The number of rotatable bonds is 2. The van der Waals surface area contributed by atoms with Crippen LogP contribution in [-0.4, -0.2) is 34.7 Å². The molecule has 1 aliphatic heterocycles. The minimum Gasteiger partial charge on any atom is -0.396 e. The summed E-state index contributed by atoms with van der Waals surface area (Å²) in [5.41, 5.74) is 6.56. The van der Waals surface area contributed by atoms with Crippen molar-refractivity contribution in [3.05, 3.63) is 30.5 Å². The van der Waals surface area contributed by atoms with Gasteiger partial charge in [-0.25, -0.2) is 12.8 Å². The summed E-state index contributed by atoms with van der Waals surface area (Å²) in [5, 5.41) is 4.36. The van der Waals surface area contributed by atoms with E-state index >= 15 is 0 Å². The second-order valence-corrected chi connectivity index (χ2v) is 7.79. The van der Waals surface area contributed by atoms with E-state index in [1.807, 2.05) is 6.92 Å². The van der Waals surface area contributed by atoms with Gasteiger partial charge in [-0.05, 0) is 19.4 Å².